The second-order valence-electron chi connectivity index (χ2n) is 4.80. The Bertz CT molecular complexity index is 363. The quantitative estimate of drug-likeness (QED) is 0.150. The van der Waals surface area contributed by atoms with E-state index in [1.54, 1.807) is 0 Å². The molecule has 0 saturated heterocycles. The number of hydrogen-bond acceptors (Lipinski definition) is 5. The van der Waals surface area contributed by atoms with Gasteiger partial charge < -0.3 is 15.5 Å². The number of aliphatic carboxylic acids is 2. The van der Waals surface area contributed by atoms with Gasteiger partial charge in [0.15, 0.2) is 0 Å². The van der Waals surface area contributed by atoms with E-state index in [1.165, 1.54) is 0 Å². The van der Waals surface area contributed by atoms with E-state index >= 15 is 0 Å². The molecule has 0 aromatic heterocycles. The number of thiol groups is 2. The molecule has 2 atom stereocenters. The second kappa shape index (κ2) is 17.6. The number of carboxylic acids is 2. The first-order valence-corrected chi connectivity index (χ1v) is 8.04. The van der Waals surface area contributed by atoms with Crippen molar-refractivity contribution in [3.05, 3.63) is 0 Å². The molecule has 0 spiro atoms. The first kappa shape index (κ1) is 28.5. The molecule has 23 heavy (non-hydrogen) atoms. The van der Waals surface area contributed by atoms with Crippen LogP contribution in [0.15, 0.2) is 0 Å². The largest absolute Gasteiger partial charge is 2.00 e. The van der Waals surface area contributed by atoms with Gasteiger partial charge in [-0.05, 0) is 31.4 Å². The van der Waals surface area contributed by atoms with Crippen molar-refractivity contribution in [1.82, 2.24) is 5.32 Å². The molecule has 0 radical (unpaired) electrons. The van der Waals surface area contributed by atoms with E-state index in [0.29, 0.717) is 6.42 Å². The number of carbonyl (C=O) groups is 3. The van der Waals surface area contributed by atoms with Crippen LogP contribution in [0.25, 0.3) is 0 Å². The summed E-state index contributed by atoms with van der Waals surface area (Å²) >= 11 is 8.50. The summed E-state index contributed by atoms with van der Waals surface area (Å²) in [6.07, 6.45) is 3.12. The summed E-state index contributed by atoms with van der Waals surface area (Å²) in [5.74, 6) is -1.88. The van der Waals surface area contributed by atoms with Crippen LogP contribution in [-0.4, -0.2) is 45.1 Å². The normalized spacial score (nSPS) is 12.3. The number of hydrogen-bond donors (Lipinski definition) is 5. The average molecular weight is 426 g/mol. The van der Waals surface area contributed by atoms with Crippen LogP contribution in [0.3, 0.4) is 0 Å². The maximum absolute atomic E-state index is 11.6. The smallest absolute Gasteiger partial charge is 0.481 e. The molecule has 0 aromatic carbocycles. The molecule has 6 nitrogen and oxygen atoms in total. The van der Waals surface area contributed by atoms with Crippen LogP contribution in [0.1, 0.15) is 44.9 Å². The standard InChI is InChI=1S/C13H23NO5S2.Na.Zn/c15-11(4-2-1-3-9(21)7-8-20)14-10(13(18)19)5-6-12(16)17;;/h9-10,20-21H,1-8H2,(H,14,15)(H,16,17)(H,18,19);;/q;+1;+2. The predicted molar refractivity (Wildman–Crippen MR) is 86.1 cm³/mol. The van der Waals surface area contributed by atoms with Gasteiger partial charge in [0.1, 0.15) is 6.04 Å². The molecule has 0 saturated carbocycles. The van der Waals surface area contributed by atoms with E-state index in [2.05, 4.69) is 30.6 Å². The summed E-state index contributed by atoms with van der Waals surface area (Å²) in [7, 11) is 0. The molecule has 0 fully saturated rings. The Balaban J connectivity index is -0.00000200. The molecular weight excluding hydrogens is 403 g/mol. The maximum atomic E-state index is 11.6. The van der Waals surface area contributed by atoms with Crippen LogP contribution in [-0.2, 0) is 33.9 Å². The van der Waals surface area contributed by atoms with Crippen molar-refractivity contribution in [3.8, 4) is 0 Å². The SMILES string of the molecule is O=C(O)CCC(NC(=O)CCCCC(S)CCS)C(=O)O.[Na+].[Zn+2]. The maximum Gasteiger partial charge on any atom is 2.00 e. The van der Waals surface area contributed by atoms with Gasteiger partial charge in [-0.1, -0.05) is 6.42 Å². The van der Waals surface area contributed by atoms with Gasteiger partial charge in [-0.3, -0.25) is 9.59 Å². The minimum absolute atomic E-state index is 0. The van der Waals surface area contributed by atoms with Crippen LogP contribution in [0.5, 0.6) is 0 Å². The third kappa shape index (κ3) is 17.3. The fourth-order valence-corrected chi connectivity index (χ4v) is 2.58. The zero-order valence-corrected chi connectivity index (χ0v) is 20.3. The van der Waals surface area contributed by atoms with Crippen molar-refractivity contribution in [1.29, 1.82) is 0 Å². The van der Waals surface area contributed by atoms with E-state index < -0.39 is 18.0 Å². The molecule has 0 aliphatic carbocycles. The van der Waals surface area contributed by atoms with E-state index in [0.717, 1.165) is 25.0 Å². The Labute approximate surface area is 182 Å². The van der Waals surface area contributed by atoms with Crippen LogP contribution in [0.2, 0.25) is 0 Å². The summed E-state index contributed by atoms with van der Waals surface area (Å²) in [6.45, 7) is 0. The average Bonchev–Trinajstić information content (AvgIpc) is 2.39. The molecule has 0 rings (SSSR count). The number of carboxylic acid groups (broad SMARTS) is 2. The molecule has 122 valence electrons. The fourth-order valence-electron chi connectivity index (χ4n) is 1.75. The van der Waals surface area contributed by atoms with Crippen molar-refractivity contribution >= 4 is 43.1 Å². The third-order valence-corrected chi connectivity index (χ3v) is 3.71. The predicted octanol–water partition coefficient (Wildman–Crippen LogP) is -1.40. The topological polar surface area (TPSA) is 104 Å². The van der Waals surface area contributed by atoms with Gasteiger partial charge in [0.25, 0.3) is 0 Å². The van der Waals surface area contributed by atoms with Gasteiger partial charge >= 0.3 is 61.0 Å². The Morgan fingerprint density at radius 1 is 1.00 bits per heavy atom. The zero-order chi connectivity index (χ0) is 16.3. The molecule has 10 heteroatoms. The van der Waals surface area contributed by atoms with Gasteiger partial charge in [0.05, 0.1) is 0 Å². The van der Waals surface area contributed by atoms with E-state index in [-0.39, 0.29) is 79.5 Å². The molecule has 0 aromatic rings. The Kier molecular flexibility index (Phi) is 21.8. The van der Waals surface area contributed by atoms with Crippen molar-refractivity contribution in [2.24, 2.45) is 0 Å². The Morgan fingerprint density at radius 3 is 2.09 bits per heavy atom. The third-order valence-electron chi connectivity index (χ3n) is 2.93. The van der Waals surface area contributed by atoms with Gasteiger partial charge in [-0.25, -0.2) is 4.79 Å². The Morgan fingerprint density at radius 2 is 1.61 bits per heavy atom. The number of amides is 1. The molecule has 0 aliphatic rings. The minimum Gasteiger partial charge on any atom is -0.481 e. The summed E-state index contributed by atoms with van der Waals surface area (Å²) < 4.78 is 0. The number of unbranched alkanes of at least 4 members (excludes halogenated alkanes) is 1. The van der Waals surface area contributed by atoms with Crippen LogP contribution in [0.4, 0.5) is 0 Å². The summed E-state index contributed by atoms with van der Waals surface area (Å²) in [4.78, 5) is 33.0. The molecule has 1 amide bonds. The zero-order valence-electron chi connectivity index (χ0n) is 13.5. The van der Waals surface area contributed by atoms with E-state index in [9.17, 15) is 14.4 Å². The molecule has 2 unspecified atom stereocenters. The molecule has 0 heterocycles. The number of nitrogens with one attached hydrogen (secondary N) is 1. The summed E-state index contributed by atoms with van der Waals surface area (Å²) in [5.41, 5.74) is 0. The van der Waals surface area contributed by atoms with E-state index in [1.807, 2.05) is 0 Å². The van der Waals surface area contributed by atoms with Gasteiger partial charge in [-0.15, -0.1) is 0 Å². The van der Waals surface area contributed by atoms with Gasteiger partial charge in [0, 0.05) is 18.1 Å². The van der Waals surface area contributed by atoms with Crippen molar-refractivity contribution in [2.75, 3.05) is 5.75 Å². The fraction of sp³-hybridized carbons (Fsp3) is 0.769. The molecule has 3 N–H and O–H groups in total. The van der Waals surface area contributed by atoms with Gasteiger partial charge in [-0.2, -0.15) is 25.3 Å². The molecular formula is C13H23NNaO5S2Zn+3. The second-order valence-corrected chi connectivity index (χ2v) is 5.98. The van der Waals surface area contributed by atoms with Crippen LogP contribution >= 0.6 is 25.3 Å². The first-order chi connectivity index (χ1) is 9.86. The van der Waals surface area contributed by atoms with Gasteiger partial charge in [0.2, 0.25) is 5.91 Å². The molecule has 0 aliphatic heterocycles. The van der Waals surface area contributed by atoms with Crippen molar-refractivity contribution in [2.45, 2.75) is 56.2 Å². The summed E-state index contributed by atoms with van der Waals surface area (Å²) in [6, 6.07) is -1.14. The molecule has 0 bridgehead atoms. The number of rotatable bonds is 12. The minimum atomic E-state index is -1.21. The van der Waals surface area contributed by atoms with Crippen molar-refractivity contribution < 1.29 is 73.6 Å². The van der Waals surface area contributed by atoms with Crippen LogP contribution in [0, 0.1) is 0 Å². The first-order valence-electron chi connectivity index (χ1n) is 6.89. The summed E-state index contributed by atoms with van der Waals surface area (Å²) in [5, 5.41) is 20.1. The monoisotopic (exact) mass is 424 g/mol. The number of carbonyl (C=O) groups excluding carboxylic acids is 1. The van der Waals surface area contributed by atoms with E-state index in [4.69, 9.17) is 10.2 Å². The van der Waals surface area contributed by atoms with Crippen molar-refractivity contribution in [3.63, 3.8) is 0 Å². The van der Waals surface area contributed by atoms with Crippen LogP contribution < -0.4 is 34.9 Å². The Hall–Kier alpha value is 0.733.